The summed E-state index contributed by atoms with van der Waals surface area (Å²) in [5.41, 5.74) is 5.59. The van der Waals surface area contributed by atoms with Crippen LogP contribution in [0.1, 0.15) is 13.8 Å². The van der Waals surface area contributed by atoms with Crippen LogP contribution in [0, 0.1) is 11.8 Å². The number of halogens is 1. The van der Waals surface area contributed by atoms with Crippen LogP contribution in [0.3, 0.4) is 0 Å². The monoisotopic (exact) mass is 204 g/mol. The molecule has 0 aliphatic carbocycles. The third-order valence-corrected chi connectivity index (χ3v) is 2.91. The number of carbonyl (C=O) groups excluding carboxylic acids is 1. The predicted octanol–water partition coefficient (Wildman–Crippen LogP) is 0.667. The van der Waals surface area contributed by atoms with E-state index in [1.165, 1.54) is 0 Å². The second kappa shape index (κ2) is 4.29. The molecular weight excluding hydrogens is 188 g/mol. The van der Waals surface area contributed by atoms with E-state index < -0.39 is 5.38 Å². The number of nitrogens with two attached hydrogens (primary N) is 1. The number of hydrogen-bond donors (Lipinski definition) is 1. The first-order chi connectivity index (χ1) is 6.06. The molecule has 1 fully saturated rings. The highest BCUT2D eigenvalue weighted by atomic mass is 35.5. The van der Waals surface area contributed by atoms with Gasteiger partial charge in [-0.2, -0.15) is 0 Å². The van der Waals surface area contributed by atoms with Gasteiger partial charge in [0.1, 0.15) is 5.38 Å². The Balaban J connectivity index is 2.53. The zero-order valence-electron chi connectivity index (χ0n) is 8.16. The van der Waals surface area contributed by atoms with Crippen LogP contribution >= 0.6 is 11.6 Å². The topological polar surface area (TPSA) is 46.3 Å². The first kappa shape index (κ1) is 10.8. The van der Waals surface area contributed by atoms with Crippen molar-refractivity contribution in [3.63, 3.8) is 0 Å². The van der Waals surface area contributed by atoms with Gasteiger partial charge in [0.2, 0.25) is 5.91 Å². The van der Waals surface area contributed by atoms with Gasteiger partial charge in [-0.15, -0.1) is 11.6 Å². The number of likely N-dealkylation sites (tertiary alicyclic amines) is 1. The molecule has 3 atom stereocenters. The summed E-state index contributed by atoms with van der Waals surface area (Å²) in [5.74, 6) is 0.980. The lowest BCUT2D eigenvalue weighted by atomic mass is 9.99. The predicted molar refractivity (Wildman–Crippen MR) is 53.6 cm³/mol. The lowest BCUT2D eigenvalue weighted by molar-refractivity contribution is -0.129. The lowest BCUT2D eigenvalue weighted by Crippen LogP contribution is -2.34. The molecule has 1 aliphatic heterocycles. The highest BCUT2D eigenvalue weighted by molar-refractivity contribution is 6.30. The van der Waals surface area contributed by atoms with Crippen LogP contribution in [-0.2, 0) is 4.79 Å². The molecule has 4 heteroatoms. The number of hydrogen-bond acceptors (Lipinski definition) is 2. The fourth-order valence-corrected chi connectivity index (χ4v) is 1.91. The summed E-state index contributed by atoms with van der Waals surface area (Å²) in [6.45, 7) is 6.07. The number of nitrogens with zero attached hydrogens (tertiary/aromatic N) is 1. The van der Waals surface area contributed by atoms with Gasteiger partial charge in [0.05, 0.1) is 0 Å². The van der Waals surface area contributed by atoms with E-state index in [2.05, 4.69) is 6.92 Å². The molecule has 0 spiro atoms. The van der Waals surface area contributed by atoms with E-state index in [9.17, 15) is 4.79 Å². The Morgan fingerprint density at radius 1 is 1.69 bits per heavy atom. The fourth-order valence-electron chi connectivity index (χ4n) is 1.77. The Labute approximate surface area is 84.2 Å². The van der Waals surface area contributed by atoms with Crippen molar-refractivity contribution in [2.75, 3.05) is 19.6 Å². The van der Waals surface area contributed by atoms with Crippen LogP contribution in [-0.4, -0.2) is 35.8 Å². The molecule has 1 rings (SSSR count). The van der Waals surface area contributed by atoms with E-state index >= 15 is 0 Å². The van der Waals surface area contributed by atoms with Crippen LogP contribution < -0.4 is 5.73 Å². The molecule has 0 saturated carbocycles. The summed E-state index contributed by atoms with van der Waals surface area (Å²) >= 11 is 5.72. The Kier molecular flexibility index (Phi) is 3.56. The normalized spacial score (nSPS) is 30.6. The van der Waals surface area contributed by atoms with Gasteiger partial charge in [-0.1, -0.05) is 6.92 Å². The van der Waals surface area contributed by atoms with Crippen molar-refractivity contribution in [2.24, 2.45) is 17.6 Å². The van der Waals surface area contributed by atoms with Crippen molar-refractivity contribution >= 4 is 17.5 Å². The number of amides is 1. The van der Waals surface area contributed by atoms with Crippen molar-refractivity contribution in [2.45, 2.75) is 19.2 Å². The number of carbonyl (C=O) groups is 1. The molecule has 0 aromatic rings. The Hall–Kier alpha value is -0.280. The molecule has 0 aromatic carbocycles. The van der Waals surface area contributed by atoms with Crippen LogP contribution in [0.25, 0.3) is 0 Å². The Morgan fingerprint density at radius 2 is 2.31 bits per heavy atom. The third-order valence-electron chi connectivity index (χ3n) is 2.72. The van der Waals surface area contributed by atoms with Crippen LogP contribution in [0.2, 0.25) is 0 Å². The van der Waals surface area contributed by atoms with Gasteiger partial charge in [0.15, 0.2) is 0 Å². The van der Waals surface area contributed by atoms with Gasteiger partial charge >= 0.3 is 0 Å². The minimum atomic E-state index is -0.413. The maximum atomic E-state index is 11.5. The summed E-state index contributed by atoms with van der Waals surface area (Å²) < 4.78 is 0. The Morgan fingerprint density at radius 3 is 2.69 bits per heavy atom. The second-order valence-corrected chi connectivity index (χ2v) is 4.49. The molecule has 1 aliphatic rings. The standard InChI is InChI=1S/C9H17ClN2O/c1-6-4-12(5-8(6)3-11)9(13)7(2)10/h6-8H,3-5,11H2,1-2H3/t6-,7?,8-/m1/s1. The number of rotatable bonds is 2. The smallest absolute Gasteiger partial charge is 0.240 e. The molecule has 13 heavy (non-hydrogen) atoms. The number of alkyl halides is 1. The molecular formula is C9H17ClN2O. The minimum absolute atomic E-state index is 0.0319. The van der Waals surface area contributed by atoms with E-state index in [-0.39, 0.29) is 5.91 Å². The van der Waals surface area contributed by atoms with Gasteiger partial charge in [0.25, 0.3) is 0 Å². The zero-order chi connectivity index (χ0) is 10.0. The van der Waals surface area contributed by atoms with E-state index in [0.717, 1.165) is 13.1 Å². The van der Waals surface area contributed by atoms with E-state index in [1.54, 1.807) is 6.92 Å². The average molecular weight is 205 g/mol. The molecule has 1 unspecified atom stereocenters. The maximum Gasteiger partial charge on any atom is 0.240 e. The lowest BCUT2D eigenvalue weighted by Gasteiger charge is -2.17. The largest absolute Gasteiger partial charge is 0.341 e. The van der Waals surface area contributed by atoms with Crippen LogP contribution in [0.15, 0.2) is 0 Å². The van der Waals surface area contributed by atoms with Crippen molar-refractivity contribution in [3.8, 4) is 0 Å². The quantitative estimate of drug-likeness (QED) is 0.672. The summed E-state index contributed by atoms with van der Waals surface area (Å²) in [6.07, 6.45) is 0. The molecule has 3 nitrogen and oxygen atoms in total. The van der Waals surface area contributed by atoms with Crippen LogP contribution in [0.5, 0.6) is 0 Å². The molecule has 0 bridgehead atoms. The van der Waals surface area contributed by atoms with Crippen molar-refractivity contribution in [1.29, 1.82) is 0 Å². The van der Waals surface area contributed by atoms with Crippen molar-refractivity contribution in [1.82, 2.24) is 4.90 Å². The molecule has 0 aromatic heterocycles. The fraction of sp³-hybridized carbons (Fsp3) is 0.889. The third kappa shape index (κ3) is 2.35. The van der Waals surface area contributed by atoms with Crippen molar-refractivity contribution < 1.29 is 4.79 Å². The summed E-state index contributed by atoms with van der Waals surface area (Å²) in [6, 6.07) is 0. The summed E-state index contributed by atoms with van der Waals surface area (Å²) in [4.78, 5) is 13.3. The molecule has 1 saturated heterocycles. The van der Waals surface area contributed by atoms with Gasteiger partial charge < -0.3 is 10.6 Å². The minimum Gasteiger partial charge on any atom is -0.341 e. The highest BCUT2D eigenvalue weighted by Gasteiger charge is 2.32. The molecule has 2 N–H and O–H groups in total. The second-order valence-electron chi connectivity index (χ2n) is 3.83. The SMILES string of the molecule is CC(Cl)C(=O)N1C[C@@H](CN)[C@H](C)C1. The molecule has 1 heterocycles. The first-order valence-corrected chi connectivity index (χ1v) is 5.12. The Bertz CT molecular complexity index is 196. The summed E-state index contributed by atoms with van der Waals surface area (Å²) in [7, 11) is 0. The average Bonchev–Trinajstić information content (AvgIpc) is 2.45. The van der Waals surface area contributed by atoms with E-state index in [0.29, 0.717) is 18.4 Å². The first-order valence-electron chi connectivity index (χ1n) is 4.69. The van der Waals surface area contributed by atoms with Gasteiger partial charge in [-0.25, -0.2) is 0 Å². The molecule has 0 radical (unpaired) electrons. The van der Waals surface area contributed by atoms with E-state index in [1.807, 2.05) is 4.90 Å². The van der Waals surface area contributed by atoms with E-state index in [4.69, 9.17) is 17.3 Å². The molecule has 1 amide bonds. The summed E-state index contributed by atoms with van der Waals surface area (Å²) in [5, 5.41) is -0.413. The van der Waals surface area contributed by atoms with Gasteiger partial charge in [0, 0.05) is 13.1 Å². The zero-order valence-corrected chi connectivity index (χ0v) is 8.92. The van der Waals surface area contributed by atoms with Crippen LogP contribution in [0.4, 0.5) is 0 Å². The van der Waals surface area contributed by atoms with Gasteiger partial charge in [-0.05, 0) is 25.3 Å². The maximum absolute atomic E-state index is 11.5. The molecule has 76 valence electrons. The van der Waals surface area contributed by atoms with Crippen molar-refractivity contribution in [3.05, 3.63) is 0 Å². The highest BCUT2D eigenvalue weighted by Crippen LogP contribution is 2.22. The van der Waals surface area contributed by atoms with Gasteiger partial charge in [-0.3, -0.25) is 4.79 Å².